The van der Waals surface area contributed by atoms with E-state index in [4.69, 9.17) is 16.0 Å². The molecule has 0 bridgehead atoms. The Morgan fingerprint density at radius 2 is 2.04 bits per heavy atom. The van der Waals surface area contributed by atoms with Gasteiger partial charge in [-0.3, -0.25) is 4.79 Å². The largest absolute Gasteiger partial charge is 0.463 e. The molecule has 6 nitrogen and oxygen atoms in total. The standard InChI is InChI=1S/C18H13ClN4O2/c1-11-9-15(18(24)21-13-6-3-2-5-12(13)19)20-17-10-14(22-23(11)17)16-7-4-8-25-16/h2-10H,1H3,(H,21,24). The van der Waals surface area contributed by atoms with E-state index in [0.29, 0.717) is 27.8 Å². The lowest BCUT2D eigenvalue weighted by molar-refractivity contribution is 0.102. The second kappa shape index (κ2) is 6.07. The smallest absolute Gasteiger partial charge is 0.274 e. The van der Waals surface area contributed by atoms with Crippen LogP contribution in [0.1, 0.15) is 16.2 Å². The van der Waals surface area contributed by atoms with Crippen molar-refractivity contribution in [1.29, 1.82) is 0 Å². The van der Waals surface area contributed by atoms with Crippen LogP contribution >= 0.6 is 11.6 Å². The number of furan rings is 1. The number of amides is 1. The Morgan fingerprint density at radius 1 is 1.20 bits per heavy atom. The lowest BCUT2D eigenvalue weighted by Gasteiger charge is -2.07. The van der Waals surface area contributed by atoms with Crippen LogP contribution in [-0.2, 0) is 0 Å². The summed E-state index contributed by atoms with van der Waals surface area (Å²) in [6.07, 6.45) is 1.59. The molecule has 0 spiro atoms. The number of carbonyl (C=O) groups excluding carboxylic acids is 1. The lowest BCUT2D eigenvalue weighted by atomic mass is 10.2. The van der Waals surface area contributed by atoms with Crippen molar-refractivity contribution in [3.05, 3.63) is 71.2 Å². The van der Waals surface area contributed by atoms with Gasteiger partial charge >= 0.3 is 0 Å². The summed E-state index contributed by atoms with van der Waals surface area (Å²) in [4.78, 5) is 16.9. The monoisotopic (exact) mass is 352 g/mol. The van der Waals surface area contributed by atoms with Crippen LogP contribution in [0.3, 0.4) is 0 Å². The number of carbonyl (C=O) groups is 1. The Bertz CT molecular complexity index is 1070. The highest BCUT2D eigenvalue weighted by Gasteiger charge is 2.15. The predicted molar refractivity (Wildman–Crippen MR) is 94.8 cm³/mol. The van der Waals surface area contributed by atoms with Crippen LogP contribution in [0.5, 0.6) is 0 Å². The van der Waals surface area contributed by atoms with Gasteiger partial charge in [-0.2, -0.15) is 5.10 Å². The molecule has 0 atom stereocenters. The van der Waals surface area contributed by atoms with Crippen molar-refractivity contribution in [3.8, 4) is 11.5 Å². The first-order chi connectivity index (χ1) is 12.1. The fourth-order valence-electron chi connectivity index (χ4n) is 2.54. The maximum Gasteiger partial charge on any atom is 0.274 e. The molecule has 0 aliphatic carbocycles. The van der Waals surface area contributed by atoms with Crippen molar-refractivity contribution in [2.75, 3.05) is 5.32 Å². The molecule has 1 N–H and O–H groups in total. The molecule has 0 aliphatic rings. The highest BCUT2D eigenvalue weighted by atomic mass is 35.5. The predicted octanol–water partition coefficient (Wildman–Crippen LogP) is 4.20. The van der Waals surface area contributed by atoms with E-state index in [1.165, 1.54) is 0 Å². The van der Waals surface area contributed by atoms with Crippen molar-refractivity contribution in [3.63, 3.8) is 0 Å². The molecule has 25 heavy (non-hydrogen) atoms. The maximum atomic E-state index is 12.5. The Labute approximate surface area is 148 Å². The summed E-state index contributed by atoms with van der Waals surface area (Å²) in [7, 11) is 0. The number of rotatable bonds is 3. The Kier molecular flexibility index (Phi) is 3.74. The first kappa shape index (κ1) is 15.4. The van der Waals surface area contributed by atoms with Crippen LogP contribution in [0.15, 0.2) is 59.2 Å². The summed E-state index contributed by atoms with van der Waals surface area (Å²) in [6, 6.07) is 14.1. The first-order valence-corrected chi connectivity index (χ1v) is 7.97. The van der Waals surface area contributed by atoms with Gasteiger partial charge in [-0.1, -0.05) is 23.7 Å². The molecule has 0 aliphatic heterocycles. The molecule has 4 rings (SSSR count). The molecule has 1 aromatic carbocycles. The molecule has 124 valence electrons. The second-order valence-electron chi connectivity index (χ2n) is 5.49. The van der Waals surface area contributed by atoms with Gasteiger partial charge in [0.05, 0.1) is 17.0 Å². The van der Waals surface area contributed by atoms with Crippen molar-refractivity contribution < 1.29 is 9.21 Å². The highest BCUT2D eigenvalue weighted by Crippen LogP contribution is 2.23. The molecule has 1 amide bonds. The molecule has 0 fully saturated rings. The van der Waals surface area contributed by atoms with Crippen molar-refractivity contribution in [2.24, 2.45) is 0 Å². The van der Waals surface area contributed by atoms with Gasteiger partial charge in [0.15, 0.2) is 11.4 Å². The molecule has 0 saturated heterocycles. The van der Waals surface area contributed by atoms with Crippen LogP contribution in [0.4, 0.5) is 5.69 Å². The second-order valence-corrected chi connectivity index (χ2v) is 5.90. The number of aromatic nitrogens is 3. The molecule has 0 radical (unpaired) electrons. The zero-order chi connectivity index (χ0) is 17.4. The normalized spacial score (nSPS) is 11.0. The van der Waals surface area contributed by atoms with Gasteiger partial charge in [0, 0.05) is 11.8 Å². The van der Waals surface area contributed by atoms with Gasteiger partial charge < -0.3 is 9.73 Å². The number of hydrogen-bond donors (Lipinski definition) is 1. The number of anilines is 1. The summed E-state index contributed by atoms with van der Waals surface area (Å²) in [5.41, 5.74) is 2.83. The molecule has 0 saturated carbocycles. The van der Waals surface area contributed by atoms with Crippen LogP contribution < -0.4 is 5.32 Å². The third-order valence-corrected chi connectivity index (χ3v) is 4.06. The molecule has 7 heteroatoms. The van der Waals surface area contributed by atoms with E-state index in [1.54, 1.807) is 53.2 Å². The average molecular weight is 353 g/mol. The number of halogens is 1. The van der Waals surface area contributed by atoms with Gasteiger partial charge in [0.25, 0.3) is 5.91 Å². The van der Waals surface area contributed by atoms with E-state index in [9.17, 15) is 4.79 Å². The molecular weight excluding hydrogens is 340 g/mol. The minimum absolute atomic E-state index is 0.288. The van der Waals surface area contributed by atoms with E-state index < -0.39 is 0 Å². The zero-order valence-electron chi connectivity index (χ0n) is 13.2. The summed E-state index contributed by atoms with van der Waals surface area (Å²) in [6.45, 7) is 1.86. The van der Waals surface area contributed by atoms with E-state index >= 15 is 0 Å². The molecule has 4 aromatic rings. The number of nitrogens with zero attached hydrogens (tertiary/aromatic N) is 3. The summed E-state index contributed by atoms with van der Waals surface area (Å²) in [5, 5.41) is 7.70. The van der Waals surface area contributed by atoms with Gasteiger partial charge in [-0.15, -0.1) is 0 Å². The maximum absolute atomic E-state index is 12.5. The number of nitrogens with one attached hydrogen (secondary N) is 1. The van der Waals surface area contributed by atoms with Crippen LogP contribution in [0.2, 0.25) is 5.02 Å². The summed E-state index contributed by atoms with van der Waals surface area (Å²) < 4.78 is 7.03. The lowest BCUT2D eigenvalue weighted by Crippen LogP contribution is -2.15. The van der Waals surface area contributed by atoms with Gasteiger partial charge in [-0.25, -0.2) is 9.50 Å². The third kappa shape index (κ3) is 2.88. The Morgan fingerprint density at radius 3 is 2.80 bits per heavy atom. The first-order valence-electron chi connectivity index (χ1n) is 7.59. The summed E-state index contributed by atoms with van der Waals surface area (Å²) >= 11 is 6.08. The number of hydrogen-bond acceptors (Lipinski definition) is 4. The van der Waals surface area contributed by atoms with Crippen LogP contribution in [0, 0.1) is 6.92 Å². The van der Waals surface area contributed by atoms with Gasteiger partial charge in [0.2, 0.25) is 0 Å². The molecular formula is C18H13ClN4O2. The van der Waals surface area contributed by atoms with Gasteiger partial charge in [0.1, 0.15) is 11.4 Å². The minimum Gasteiger partial charge on any atom is -0.463 e. The SMILES string of the molecule is Cc1cc(C(=O)Nc2ccccc2Cl)nc2cc(-c3ccco3)nn12. The van der Waals surface area contributed by atoms with Crippen molar-refractivity contribution in [2.45, 2.75) is 6.92 Å². The van der Waals surface area contributed by atoms with E-state index in [1.807, 2.05) is 13.0 Å². The van der Waals surface area contributed by atoms with E-state index in [0.717, 1.165) is 5.69 Å². The number of fused-ring (bicyclic) bond motifs is 1. The van der Waals surface area contributed by atoms with E-state index in [2.05, 4.69) is 15.4 Å². The third-order valence-electron chi connectivity index (χ3n) is 3.73. The molecule has 0 unspecified atom stereocenters. The minimum atomic E-state index is -0.334. The highest BCUT2D eigenvalue weighted by molar-refractivity contribution is 6.33. The quantitative estimate of drug-likeness (QED) is 0.599. The molecule has 3 heterocycles. The fourth-order valence-corrected chi connectivity index (χ4v) is 2.72. The van der Waals surface area contributed by atoms with Crippen molar-refractivity contribution in [1.82, 2.24) is 14.6 Å². The van der Waals surface area contributed by atoms with Crippen molar-refractivity contribution >= 4 is 28.8 Å². The van der Waals surface area contributed by atoms with Crippen LogP contribution in [-0.4, -0.2) is 20.5 Å². The average Bonchev–Trinajstić information content (AvgIpc) is 3.25. The molecule has 3 aromatic heterocycles. The number of benzene rings is 1. The van der Waals surface area contributed by atoms with Gasteiger partial charge in [-0.05, 0) is 37.3 Å². The Hall–Kier alpha value is -3.12. The van der Waals surface area contributed by atoms with Crippen LogP contribution in [0.25, 0.3) is 17.1 Å². The topological polar surface area (TPSA) is 72.4 Å². The number of aryl methyl sites for hydroxylation is 1. The summed E-state index contributed by atoms with van der Waals surface area (Å²) in [5.74, 6) is 0.311. The fraction of sp³-hybridized carbons (Fsp3) is 0.0556. The zero-order valence-corrected chi connectivity index (χ0v) is 14.0. The van der Waals surface area contributed by atoms with E-state index in [-0.39, 0.29) is 11.6 Å². The number of para-hydroxylation sites is 1. The Balaban J connectivity index is 1.70.